The smallest absolute Gasteiger partial charge is 0.170 e. The van der Waals surface area contributed by atoms with Gasteiger partial charge >= 0.3 is 0 Å². The molecule has 54 valence electrons. The van der Waals surface area contributed by atoms with E-state index >= 15 is 0 Å². The van der Waals surface area contributed by atoms with Gasteiger partial charge in [0.15, 0.2) is 16.2 Å². The highest BCUT2D eigenvalue weighted by Crippen LogP contribution is 2.31. The Kier molecular flexibility index (Phi) is 3.21. The van der Waals surface area contributed by atoms with Crippen molar-refractivity contribution in [1.82, 2.24) is 0 Å². The van der Waals surface area contributed by atoms with Gasteiger partial charge in [-0.1, -0.05) is 0 Å². The Morgan fingerprint density at radius 2 is 1.78 bits per heavy atom. The molecule has 0 bridgehead atoms. The summed E-state index contributed by atoms with van der Waals surface area (Å²) >= 11 is 23.6. The van der Waals surface area contributed by atoms with E-state index in [2.05, 4.69) is 0 Å². The highest BCUT2D eigenvalue weighted by molar-refractivity contribution is 7.29. The van der Waals surface area contributed by atoms with Crippen molar-refractivity contribution in [3.05, 3.63) is 0 Å². The Morgan fingerprint density at radius 1 is 1.22 bits per heavy atom. The summed E-state index contributed by atoms with van der Waals surface area (Å²) in [6, 6.07) is 0.914. The van der Waals surface area contributed by atoms with E-state index < -0.39 is 16.2 Å². The summed E-state index contributed by atoms with van der Waals surface area (Å²) in [6.45, 7) is 0. The van der Waals surface area contributed by atoms with E-state index in [9.17, 15) is 0 Å². The maximum atomic E-state index is 5.93. The third kappa shape index (κ3) is 1.79. The average molecular weight is 240 g/mol. The Labute approximate surface area is 77.0 Å². The predicted octanol–water partition coefficient (Wildman–Crippen LogP) is 1.76. The summed E-state index contributed by atoms with van der Waals surface area (Å²) in [7, 11) is -2.59. The zero-order valence-corrected chi connectivity index (χ0v) is 9.86. The molecule has 1 heterocycles. The summed E-state index contributed by atoms with van der Waals surface area (Å²) in [5.41, 5.74) is 0. The second-order valence-electron chi connectivity index (χ2n) is 2.16. The molecule has 1 aliphatic heterocycles. The van der Waals surface area contributed by atoms with Crippen LogP contribution >= 0.6 is 45.4 Å². The lowest BCUT2D eigenvalue weighted by molar-refractivity contribution is 1.36. The van der Waals surface area contributed by atoms with Crippen LogP contribution in [-0.4, -0.2) is 25.8 Å². The second kappa shape index (κ2) is 3.33. The third-order valence-electron chi connectivity index (χ3n) is 1.45. The van der Waals surface area contributed by atoms with Crippen LogP contribution < -0.4 is 0 Å². The lowest BCUT2D eigenvalue weighted by Gasteiger charge is -2.04. The van der Waals surface area contributed by atoms with Crippen LogP contribution in [0.15, 0.2) is 0 Å². The van der Waals surface area contributed by atoms with Crippen LogP contribution in [0.2, 0.25) is 6.04 Å². The molecule has 0 N–H and O–H groups in total. The van der Waals surface area contributed by atoms with E-state index in [4.69, 9.17) is 45.4 Å². The van der Waals surface area contributed by atoms with Crippen LogP contribution in [0.4, 0.5) is 0 Å². The zero-order chi connectivity index (χ0) is 7.02. The van der Waals surface area contributed by atoms with Gasteiger partial charge in [-0.15, -0.1) is 23.2 Å². The molecular weight excluding hydrogens is 234 g/mol. The number of hydrogen-bond acceptors (Lipinski definition) is 0. The first-order valence-corrected chi connectivity index (χ1v) is 9.87. The van der Waals surface area contributed by atoms with Crippen LogP contribution in [0, 0.1) is 0 Å². The minimum atomic E-state index is -1.36. The zero-order valence-electron chi connectivity index (χ0n) is 4.53. The van der Waals surface area contributed by atoms with Gasteiger partial charge in [-0.05, 0) is 6.04 Å². The molecule has 0 aromatic carbocycles. The Bertz CT molecular complexity index is 98.0. The molecule has 0 saturated carbocycles. The van der Waals surface area contributed by atoms with Crippen LogP contribution in [0.25, 0.3) is 0 Å². The van der Waals surface area contributed by atoms with E-state index in [0.717, 1.165) is 6.04 Å². The highest BCUT2D eigenvalue weighted by atomic mass is 35.6. The quantitative estimate of drug-likeness (QED) is 0.344. The molecule has 0 aromatic heterocycles. The topological polar surface area (TPSA) is 0 Å². The summed E-state index contributed by atoms with van der Waals surface area (Å²) in [5.74, 6) is 0. The molecule has 1 aliphatic rings. The fraction of sp³-hybridized carbons (Fsp3) is 1.00. The molecule has 1 fully saturated rings. The standard InChI is InChI=1S/C3H6Cl4Si2/c4-2-1-8(6)3(5)9(2)7/h2-3,8-9H,1H2. The largest absolute Gasteiger partial charge is 0.174 e. The van der Waals surface area contributed by atoms with E-state index in [1.54, 1.807) is 0 Å². The van der Waals surface area contributed by atoms with Gasteiger partial charge in [0.25, 0.3) is 0 Å². The molecule has 0 aromatic rings. The molecule has 0 aliphatic carbocycles. The van der Waals surface area contributed by atoms with Crippen LogP contribution in [0.5, 0.6) is 0 Å². The van der Waals surface area contributed by atoms with Gasteiger partial charge in [0, 0.05) is 9.62 Å². The molecule has 0 nitrogen and oxygen atoms in total. The van der Waals surface area contributed by atoms with Crippen molar-refractivity contribution < 1.29 is 0 Å². The molecule has 1 rings (SSSR count). The summed E-state index contributed by atoms with van der Waals surface area (Å²) in [6.07, 6.45) is 0. The van der Waals surface area contributed by atoms with E-state index in [-0.39, 0.29) is 9.62 Å². The number of alkyl halides is 2. The fourth-order valence-corrected chi connectivity index (χ4v) is 15.2. The maximum absolute atomic E-state index is 5.93. The van der Waals surface area contributed by atoms with Crippen molar-refractivity contribution in [2.75, 3.05) is 0 Å². The van der Waals surface area contributed by atoms with Crippen molar-refractivity contribution in [1.29, 1.82) is 0 Å². The summed E-state index contributed by atoms with van der Waals surface area (Å²) in [5, 5.41) is 0.142. The maximum Gasteiger partial charge on any atom is 0.174 e. The first-order chi connectivity index (χ1) is 4.13. The lowest BCUT2D eigenvalue weighted by Crippen LogP contribution is -2.25. The predicted molar refractivity (Wildman–Crippen MR) is 50.1 cm³/mol. The molecule has 9 heavy (non-hydrogen) atoms. The number of hydrogen-bond donors (Lipinski definition) is 0. The van der Waals surface area contributed by atoms with Gasteiger partial charge in [-0.2, -0.15) is 22.2 Å². The van der Waals surface area contributed by atoms with Crippen molar-refractivity contribution in [3.63, 3.8) is 0 Å². The van der Waals surface area contributed by atoms with Crippen LogP contribution in [-0.2, 0) is 0 Å². The summed E-state index contributed by atoms with van der Waals surface area (Å²) < 4.78 is 0.107. The Morgan fingerprint density at radius 3 is 1.89 bits per heavy atom. The molecule has 1 saturated heterocycles. The summed E-state index contributed by atoms with van der Waals surface area (Å²) in [4.78, 5) is 0. The normalized spacial score (nSPS) is 52.0. The molecule has 4 atom stereocenters. The average Bonchev–Trinajstić information content (AvgIpc) is 1.98. The van der Waals surface area contributed by atoms with E-state index in [1.807, 2.05) is 0 Å². The minimum absolute atomic E-state index is 0.107. The van der Waals surface area contributed by atoms with Gasteiger partial charge in [-0.25, -0.2) is 0 Å². The van der Waals surface area contributed by atoms with Crippen molar-refractivity contribution in [2.45, 2.75) is 15.7 Å². The number of halogens is 4. The first kappa shape index (κ1) is 8.69. The molecule has 0 amide bonds. The molecule has 4 unspecified atom stereocenters. The van der Waals surface area contributed by atoms with E-state index in [1.165, 1.54) is 0 Å². The molecule has 6 heteroatoms. The van der Waals surface area contributed by atoms with Crippen molar-refractivity contribution in [2.24, 2.45) is 0 Å². The van der Waals surface area contributed by atoms with Gasteiger partial charge < -0.3 is 0 Å². The van der Waals surface area contributed by atoms with Crippen molar-refractivity contribution >= 4 is 61.6 Å². The van der Waals surface area contributed by atoms with Gasteiger partial charge in [-0.3, -0.25) is 0 Å². The minimum Gasteiger partial charge on any atom is -0.170 e. The molecule has 0 radical (unpaired) electrons. The first-order valence-electron chi connectivity index (χ1n) is 2.69. The van der Waals surface area contributed by atoms with Crippen molar-refractivity contribution in [3.8, 4) is 0 Å². The monoisotopic (exact) mass is 238 g/mol. The van der Waals surface area contributed by atoms with Gasteiger partial charge in [0.05, 0.1) is 0 Å². The lowest BCUT2D eigenvalue weighted by atomic mass is 10.9. The fourth-order valence-electron chi connectivity index (χ4n) is 0.874. The van der Waals surface area contributed by atoms with E-state index in [0.29, 0.717) is 0 Å². The second-order valence-corrected chi connectivity index (χ2v) is 13.1. The van der Waals surface area contributed by atoms with Gasteiger partial charge in [0.1, 0.15) is 0 Å². The Balaban J connectivity index is 2.54. The highest BCUT2D eigenvalue weighted by Gasteiger charge is 2.42. The SMILES string of the molecule is ClC1C[SiH](Cl)C(Cl)[SiH]1Cl. The molecule has 0 spiro atoms. The number of rotatable bonds is 0. The van der Waals surface area contributed by atoms with Crippen LogP contribution in [0.1, 0.15) is 0 Å². The third-order valence-corrected chi connectivity index (χ3v) is 16.6. The molecular formula is C3H6Cl4Si2. The van der Waals surface area contributed by atoms with Gasteiger partial charge in [0.2, 0.25) is 0 Å². The van der Waals surface area contributed by atoms with Crippen LogP contribution in [0.3, 0.4) is 0 Å². The Hall–Kier alpha value is 1.59.